The van der Waals surface area contributed by atoms with Crippen LogP contribution in [-0.2, 0) is 11.8 Å². The lowest BCUT2D eigenvalue weighted by Crippen LogP contribution is -2.40. The number of carbonyl (C=O) groups is 1. The molecule has 29 heavy (non-hydrogen) atoms. The van der Waals surface area contributed by atoms with Gasteiger partial charge in [0.25, 0.3) is 0 Å². The summed E-state index contributed by atoms with van der Waals surface area (Å²) in [6.45, 7) is 5.43. The Kier molecular flexibility index (Phi) is 7.52. The zero-order valence-electron chi connectivity index (χ0n) is 17.1. The molecule has 3 rings (SSSR count). The lowest BCUT2D eigenvalue weighted by molar-refractivity contribution is -0.116. The highest BCUT2D eigenvalue weighted by Gasteiger charge is 2.26. The molecular weight excluding hydrogens is 388 g/mol. The van der Waals surface area contributed by atoms with E-state index in [0.717, 1.165) is 37.7 Å². The van der Waals surface area contributed by atoms with Gasteiger partial charge in [-0.2, -0.15) is 5.10 Å². The van der Waals surface area contributed by atoms with Crippen LogP contribution in [0.25, 0.3) is 0 Å². The number of halogens is 1. The maximum Gasteiger partial charge on any atom is 0.224 e. The van der Waals surface area contributed by atoms with Gasteiger partial charge in [-0.15, -0.1) is 0 Å². The van der Waals surface area contributed by atoms with Gasteiger partial charge in [0.15, 0.2) is 5.96 Å². The SMILES string of the molecule is CCNC(=NCCCC(=O)Nc1ccc(Cl)cc1)N1CCC(c2cnn(C)c2)C1. The van der Waals surface area contributed by atoms with E-state index in [0.29, 0.717) is 30.3 Å². The van der Waals surface area contributed by atoms with Gasteiger partial charge >= 0.3 is 0 Å². The normalized spacial score (nSPS) is 16.9. The van der Waals surface area contributed by atoms with Crippen LogP contribution >= 0.6 is 11.6 Å². The third-order valence-electron chi connectivity index (χ3n) is 4.97. The Morgan fingerprint density at radius 2 is 2.14 bits per heavy atom. The second kappa shape index (κ2) is 10.3. The van der Waals surface area contributed by atoms with E-state index >= 15 is 0 Å². The zero-order valence-corrected chi connectivity index (χ0v) is 17.8. The van der Waals surface area contributed by atoms with E-state index in [4.69, 9.17) is 16.6 Å². The van der Waals surface area contributed by atoms with Crippen LogP contribution in [-0.4, -0.2) is 52.7 Å². The van der Waals surface area contributed by atoms with Crippen molar-refractivity contribution < 1.29 is 4.79 Å². The Bertz CT molecular complexity index is 832. The van der Waals surface area contributed by atoms with E-state index < -0.39 is 0 Å². The summed E-state index contributed by atoms with van der Waals surface area (Å²) in [7, 11) is 1.95. The number of aryl methyl sites for hydroxylation is 1. The fraction of sp³-hybridized carbons (Fsp3) is 0.476. The summed E-state index contributed by atoms with van der Waals surface area (Å²) in [6, 6.07) is 7.12. The first-order valence-corrected chi connectivity index (χ1v) is 10.5. The van der Waals surface area contributed by atoms with Crippen LogP contribution in [0.1, 0.15) is 37.7 Å². The van der Waals surface area contributed by atoms with E-state index in [1.165, 1.54) is 5.56 Å². The average Bonchev–Trinajstić information content (AvgIpc) is 3.35. The molecule has 1 amide bonds. The molecule has 1 aromatic heterocycles. The van der Waals surface area contributed by atoms with Gasteiger partial charge < -0.3 is 15.5 Å². The molecule has 2 heterocycles. The molecule has 7 nitrogen and oxygen atoms in total. The minimum Gasteiger partial charge on any atom is -0.357 e. The van der Waals surface area contributed by atoms with Crippen LogP contribution in [0.2, 0.25) is 5.02 Å². The average molecular weight is 417 g/mol. The summed E-state index contributed by atoms with van der Waals surface area (Å²) >= 11 is 5.86. The minimum atomic E-state index is -0.00895. The first-order valence-electron chi connectivity index (χ1n) is 10.1. The fourth-order valence-corrected chi connectivity index (χ4v) is 3.61. The number of rotatable bonds is 7. The summed E-state index contributed by atoms with van der Waals surface area (Å²) in [5.74, 6) is 1.40. The number of hydrogen-bond acceptors (Lipinski definition) is 3. The van der Waals surface area contributed by atoms with Crippen molar-refractivity contribution in [1.29, 1.82) is 0 Å². The Morgan fingerprint density at radius 1 is 1.34 bits per heavy atom. The van der Waals surface area contributed by atoms with Gasteiger partial charge in [0.2, 0.25) is 5.91 Å². The molecule has 1 saturated heterocycles. The lowest BCUT2D eigenvalue weighted by atomic mass is 10.0. The number of aliphatic imine (C=N–C) groups is 1. The van der Waals surface area contributed by atoms with Gasteiger partial charge in [-0.05, 0) is 49.6 Å². The van der Waals surface area contributed by atoms with E-state index in [9.17, 15) is 4.79 Å². The van der Waals surface area contributed by atoms with Crippen molar-refractivity contribution >= 4 is 29.2 Å². The van der Waals surface area contributed by atoms with Crippen molar-refractivity contribution in [3.63, 3.8) is 0 Å². The van der Waals surface area contributed by atoms with Gasteiger partial charge in [-0.3, -0.25) is 14.5 Å². The number of aromatic nitrogens is 2. The van der Waals surface area contributed by atoms with Crippen molar-refractivity contribution in [1.82, 2.24) is 20.0 Å². The molecule has 2 aromatic rings. The highest BCUT2D eigenvalue weighted by molar-refractivity contribution is 6.30. The fourth-order valence-electron chi connectivity index (χ4n) is 3.48. The molecule has 1 unspecified atom stereocenters. The van der Waals surface area contributed by atoms with Gasteiger partial charge in [0.05, 0.1) is 6.20 Å². The van der Waals surface area contributed by atoms with E-state index in [2.05, 4.69) is 33.8 Å². The molecule has 1 fully saturated rings. The Labute approximate surface area is 177 Å². The van der Waals surface area contributed by atoms with Gasteiger partial charge in [0, 0.05) is 62.5 Å². The molecule has 1 aromatic carbocycles. The minimum absolute atomic E-state index is 0.00895. The highest BCUT2D eigenvalue weighted by atomic mass is 35.5. The molecule has 2 N–H and O–H groups in total. The maximum atomic E-state index is 12.1. The van der Waals surface area contributed by atoms with Crippen molar-refractivity contribution in [2.24, 2.45) is 12.0 Å². The number of nitrogens with one attached hydrogen (secondary N) is 2. The summed E-state index contributed by atoms with van der Waals surface area (Å²) in [5, 5.41) is 11.2. The molecule has 0 aliphatic carbocycles. The summed E-state index contributed by atoms with van der Waals surface area (Å²) in [6.07, 6.45) is 6.28. The smallest absolute Gasteiger partial charge is 0.224 e. The second-order valence-corrected chi connectivity index (χ2v) is 7.71. The number of nitrogens with zero attached hydrogens (tertiary/aromatic N) is 4. The quantitative estimate of drug-likeness (QED) is 0.412. The number of amides is 1. The van der Waals surface area contributed by atoms with Gasteiger partial charge in [-0.1, -0.05) is 11.6 Å². The monoisotopic (exact) mass is 416 g/mol. The molecular formula is C21H29ClN6O. The van der Waals surface area contributed by atoms with Gasteiger partial charge in [0.1, 0.15) is 0 Å². The molecule has 8 heteroatoms. The summed E-state index contributed by atoms with van der Waals surface area (Å²) in [4.78, 5) is 19.1. The Balaban J connectivity index is 1.46. The lowest BCUT2D eigenvalue weighted by Gasteiger charge is -2.21. The Morgan fingerprint density at radius 3 is 2.83 bits per heavy atom. The molecule has 0 bridgehead atoms. The molecule has 1 atom stereocenters. The maximum absolute atomic E-state index is 12.1. The van der Waals surface area contributed by atoms with E-state index in [-0.39, 0.29) is 5.91 Å². The first-order chi connectivity index (χ1) is 14.0. The van der Waals surface area contributed by atoms with Crippen molar-refractivity contribution in [3.8, 4) is 0 Å². The molecule has 0 saturated carbocycles. The zero-order chi connectivity index (χ0) is 20.6. The number of anilines is 1. The van der Waals surface area contributed by atoms with Gasteiger partial charge in [-0.25, -0.2) is 0 Å². The third kappa shape index (κ3) is 6.22. The predicted octanol–water partition coefficient (Wildman–Crippen LogP) is 3.25. The van der Waals surface area contributed by atoms with Crippen molar-refractivity contribution in [2.45, 2.75) is 32.1 Å². The van der Waals surface area contributed by atoms with Crippen LogP contribution in [0.5, 0.6) is 0 Å². The molecule has 1 aliphatic heterocycles. The molecule has 156 valence electrons. The predicted molar refractivity (Wildman–Crippen MR) is 117 cm³/mol. The number of carbonyl (C=O) groups excluding carboxylic acids is 1. The number of benzene rings is 1. The molecule has 1 aliphatic rings. The van der Waals surface area contributed by atoms with Crippen LogP contribution < -0.4 is 10.6 Å². The Hall–Kier alpha value is -2.54. The van der Waals surface area contributed by atoms with E-state index in [1.807, 2.05) is 17.9 Å². The molecule has 0 radical (unpaired) electrons. The van der Waals surface area contributed by atoms with Crippen molar-refractivity contribution in [3.05, 3.63) is 47.2 Å². The van der Waals surface area contributed by atoms with Crippen LogP contribution in [0.4, 0.5) is 5.69 Å². The summed E-state index contributed by atoms with van der Waals surface area (Å²) in [5.41, 5.74) is 2.04. The third-order valence-corrected chi connectivity index (χ3v) is 5.22. The standard InChI is InChI=1S/C21H29ClN6O/c1-3-23-21(28-12-10-16(15-28)17-13-25-27(2)14-17)24-11-4-5-20(29)26-19-8-6-18(22)7-9-19/h6-9,13-14,16H,3-5,10-12,15H2,1-2H3,(H,23,24)(H,26,29). The highest BCUT2D eigenvalue weighted by Crippen LogP contribution is 2.26. The molecule has 0 spiro atoms. The summed E-state index contributed by atoms with van der Waals surface area (Å²) < 4.78 is 1.85. The van der Waals surface area contributed by atoms with Crippen LogP contribution in [0.3, 0.4) is 0 Å². The largest absolute Gasteiger partial charge is 0.357 e. The van der Waals surface area contributed by atoms with Crippen LogP contribution in [0.15, 0.2) is 41.7 Å². The number of guanidine groups is 1. The number of hydrogen-bond donors (Lipinski definition) is 2. The van der Waals surface area contributed by atoms with Crippen molar-refractivity contribution in [2.75, 3.05) is 31.5 Å². The first kappa shape index (κ1) is 21.2. The van der Waals surface area contributed by atoms with E-state index in [1.54, 1.807) is 24.3 Å². The number of likely N-dealkylation sites (tertiary alicyclic amines) is 1. The van der Waals surface area contributed by atoms with Crippen LogP contribution in [0, 0.1) is 0 Å². The topological polar surface area (TPSA) is 74.6 Å². The second-order valence-electron chi connectivity index (χ2n) is 7.27.